The molecular weight excluding hydrogens is 346 g/mol. The smallest absolute Gasteiger partial charge is 0.255 e. The van der Waals surface area contributed by atoms with Gasteiger partial charge in [-0.25, -0.2) is 4.68 Å². The lowest BCUT2D eigenvalue weighted by Crippen LogP contribution is -2.13. The normalized spacial score (nSPS) is 10.3. The zero-order chi connectivity index (χ0) is 19.2. The van der Waals surface area contributed by atoms with E-state index in [1.807, 2.05) is 0 Å². The van der Waals surface area contributed by atoms with Crippen molar-refractivity contribution in [3.63, 3.8) is 0 Å². The summed E-state index contributed by atoms with van der Waals surface area (Å²) in [6.45, 7) is 3.74. The van der Waals surface area contributed by atoms with Crippen molar-refractivity contribution >= 4 is 11.6 Å². The summed E-state index contributed by atoms with van der Waals surface area (Å²) < 4.78 is 12.2. The summed E-state index contributed by atoms with van der Waals surface area (Å²) in [6, 6.07) is 10.5. The zero-order valence-corrected chi connectivity index (χ0v) is 15.0. The van der Waals surface area contributed by atoms with Gasteiger partial charge in [0.2, 0.25) is 0 Å². The number of aromatic nitrogens is 4. The number of nitrogens with one attached hydrogen (secondary N) is 1. The van der Waals surface area contributed by atoms with E-state index in [1.54, 1.807) is 49.6 Å². The molecular formula is C19H19N5O3. The maximum absolute atomic E-state index is 12.7. The third-order valence-corrected chi connectivity index (χ3v) is 3.95. The van der Waals surface area contributed by atoms with Crippen LogP contribution in [-0.2, 0) is 6.42 Å². The number of nitrogens with zero attached hydrogens (tertiary/aromatic N) is 4. The third kappa shape index (κ3) is 3.95. The average molecular weight is 365 g/mol. The average Bonchev–Trinajstić information content (AvgIpc) is 3.23. The van der Waals surface area contributed by atoms with Gasteiger partial charge in [0.1, 0.15) is 17.8 Å². The fourth-order valence-corrected chi connectivity index (χ4v) is 2.63. The first kappa shape index (κ1) is 18.1. The molecule has 1 heterocycles. The molecule has 138 valence electrons. The van der Waals surface area contributed by atoms with Crippen LogP contribution < -0.4 is 14.8 Å². The minimum absolute atomic E-state index is 0.253. The number of methoxy groups -OCH3 is 2. The number of ether oxygens (including phenoxy) is 2. The lowest BCUT2D eigenvalue weighted by molar-refractivity contribution is 0.102. The van der Waals surface area contributed by atoms with Crippen molar-refractivity contribution < 1.29 is 14.3 Å². The van der Waals surface area contributed by atoms with E-state index in [9.17, 15) is 4.79 Å². The molecule has 0 bridgehead atoms. The molecule has 3 aromatic rings. The predicted octanol–water partition coefficient (Wildman–Crippen LogP) is 2.66. The van der Waals surface area contributed by atoms with Gasteiger partial charge in [-0.1, -0.05) is 6.08 Å². The number of rotatable bonds is 7. The van der Waals surface area contributed by atoms with Gasteiger partial charge in [-0.15, -0.1) is 11.7 Å². The summed E-state index contributed by atoms with van der Waals surface area (Å²) in [7, 11) is 3.13. The number of hydrogen-bond donors (Lipinski definition) is 1. The van der Waals surface area contributed by atoms with Gasteiger partial charge in [0.05, 0.1) is 25.6 Å². The molecule has 0 unspecified atom stereocenters. The number of amides is 1. The molecule has 0 aliphatic heterocycles. The van der Waals surface area contributed by atoms with Crippen LogP contribution in [0.3, 0.4) is 0 Å². The van der Waals surface area contributed by atoms with E-state index in [-0.39, 0.29) is 5.91 Å². The first-order valence-corrected chi connectivity index (χ1v) is 8.16. The third-order valence-electron chi connectivity index (χ3n) is 3.95. The molecule has 0 fully saturated rings. The first-order chi connectivity index (χ1) is 13.2. The van der Waals surface area contributed by atoms with Crippen LogP contribution in [-0.4, -0.2) is 40.3 Å². The molecule has 0 aliphatic rings. The Hall–Kier alpha value is -3.68. The Bertz CT molecular complexity index is 954. The van der Waals surface area contributed by atoms with Gasteiger partial charge in [0.25, 0.3) is 5.91 Å². The van der Waals surface area contributed by atoms with Crippen molar-refractivity contribution in [1.82, 2.24) is 20.2 Å². The second-order valence-electron chi connectivity index (χ2n) is 5.61. The molecule has 3 rings (SSSR count). The highest BCUT2D eigenvalue weighted by Crippen LogP contribution is 2.28. The molecule has 27 heavy (non-hydrogen) atoms. The summed E-state index contributed by atoms with van der Waals surface area (Å²) in [5, 5.41) is 13.9. The number of benzene rings is 2. The molecule has 1 N–H and O–H groups in total. The summed E-state index contributed by atoms with van der Waals surface area (Å²) in [4.78, 5) is 12.7. The van der Waals surface area contributed by atoms with Crippen LogP contribution in [0.5, 0.6) is 11.5 Å². The maximum atomic E-state index is 12.7. The Kier molecular flexibility index (Phi) is 5.46. The van der Waals surface area contributed by atoms with Crippen molar-refractivity contribution in [3.05, 3.63) is 66.5 Å². The van der Waals surface area contributed by atoms with Crippen LogP contribution in [0.1, 0.15) is 15.9 Å². The molecule has 2 aromatic carbocycles. The molecule has 0 radical (unpaired) electrons. The van der Waals surface area contributed by atoms with Crippen LogP contribution >= 0.6 is 0 Å². The molecule has 0 saturated carbocycles. The molecule has 0 saturated heterocycles. The highest BCUT2D eigenvalue weighted by Gasteiger charge is 2.13. The fourth-order valence-electron chi connectivity index (χ4n) is 2.63. The molecule has 1 aromatic heterocycles. The van der Waals surface area contributed by atoms with Crippen LogP contribution in [0.4, 0.5) is 5.69 Å². The van der Waals surface area contributed by atoms with Gasteiger partial charge in [0, 0.05) is 11.6 Å². The molecule has 0 atom stereocenters. The molecule has 0 aliphatic carbocycles. The minimum Gasteiger partial charge on any atom is -0.496 e. The van der Waals surface area contributed by atoms with Crippen molar-refractivity contribution in [2.75, 3.05) is 19.5 Å². The summed E-state index contributed by atoms with van der Waals surface area (Å²) in [5.74, 6) is 0.961. The van der Waals surface area contributed by atoms with Crippen molar-refractivity contribution in [1.29, 1.82) is 0 Å². The Morgan fingerprint density at radius 2 is 2.00 bits per heavy atom. The first-order valence-electron chi connectivity index (χ1n) is 8.16. The van der Waals surface area contributed by atoms with Gasteiger partial charge in [-0.3, -0.25) is 4.79 Å². The van der Waals surface area contributed by atoms with Gasteiger partial charge >= 0.3 is 0 Å². The Morgan fingerprint density at radius 3 is 2.67 bits per heavy atom. The second-order valence-corrected chi connectivity index (χ2v) is 5.61. The lowest BCUT2D eigenvalue weighted by atomic mass is 10.1. The Morgan fingerprint density at radius 1 is 1.19 bits per heavy atom. The Labute approximate surface area is 156 Å². The van der Waals surface area contributed by atoms with Crippen molar-refractivity contribution in [3.8, 4) is 17.2 Å². The number of carbonyl (C=O) groups excluding carboxylic acids is 1. The van der Waals surface area contributed by atoms with Gasteiger partial charge in [-0.05, 0) is 52.7 Å². The van der Waals surface area contributed by atoms with Gasteiger partial charge in [0.15, 0.2) is 0 Å². The van der Waals surface area contributed by atoms with E-state index in [2.05, 4.69) is 27.4 Å². The van der Waals surface area contributed by atoms with E-state index in [0.29, 0.717) is 29.1 Å². The van der Waals surface area contributed by atoms with Gasteiger partial charge < -0.3 is 14.8 Å². The number of allylic oxidation sites excluding steroid dienone is 1. The number of tetrazole rings is 1. The second kappa shape index (κ2) is 8.13. The Balaban J connectivity index is 1.85. The van der Waals surface area contributed by atoms with E-state index in [4.69, 9.17) is 9.47 Å². The lowest BCUT2D eigenvalue weighted by Gasteiger charge is -2.13. The van der Waals surface area contributed by atoms with E-state index < -0.39 is 0 Å². The zero-order valence-electron chi connectivity index (χ0n) is 15.0. The maximum Gasteiger partial charge on any atom is 0.255 e. The molecule has 8 nitrogen and oxygen atoms in total. The number of anilines is 1. The summed E-state index contributed by atoms with van der Waals surface area (Å²) in [5.41, 5.74) is 2.66. The number of carbonyl (C=O) groups is 1. The highest BCUT2D eigenvalue weighted by molar-refractivity contribution is 6.05. The van der Waals surface area contributed by atoms with Crippen LogP contribution in [0, 0.1) is 0 Å². The van der Waals surface area contributed by atoms with Crippen LogP contribution in [0.25, 0.3) is 5.69 Å². The summed E-state index contributed by atoms with van der Waals surface area (Å²) >= 11 is 0. The standard InChI is InChI=1S/C19H19N5O3/c1-4-5-13-10-14(6-9-17(13)26-2)19(25)21-16-8-7-15(11-18(16)27-3)24-12-20-22-23-24/h4,6-12H,1,5H2,2-3H3,(H,21,25). The monoisotopic (exact) mass is 365 g/mol. The topological polar surface area (TPSA) is 91.2 Å². The molecule has 8 heteroatoms. The SMILES string of the molecule is C=CCc1cc(C(=O)Nc2ccc(-n3cnnn3)cc2OC)ccc1OC. The number of hydrogen-bond acceptors (Lipinski definition) is 6. The highest BCUT2D eigenvalue weighted by atomic mass is 16.5. The van der Waals surface area contributed by atoms with Gasteiger partial charge in [-0.2, -0.15) is 0 Å². The van der Waals surface area contributed by atoms with E-state index in [1.165, 1.54) is 18.1 Å². The van der Waals surface area contributed by atoms with Crippen molar-refractivity contribution in [2.45, 2.75) is 6.42 Å². The van der Waals surface area contributed by atoms with Crippen LogP contribution in [0.15, 0.2) is 55.4 Å². The predicted molar refractivity (Wildman–Crippen MR) is 101 cm³/mol. The molecule has 0 spiro atoms. The van der Waals surface area contributed by atoms with Crippen molar-refractivity contribution in [2.24, 2.45) is 0 Å². The fraction of sp³-hybridized carbons (Fsp3) is 0.158. The minimum atomic E-state index is -0.253. The quantitative estimate of drug-likeness (QED) is 0.647. The largest absolute Gasteiger partial charge is 0.496 e. The van der Waals surface area contributed by atoms with E-state index in [0.717, 1.165) is 11.3 Å². The van der Waals surface area contributed by atoms with Crippen LogP contribution in [0.2, 0.25) is 0 Å². The molecule has 1 amide bonds. The summed E-state index contributed by atoms with van der Waals surface area (Å²) in [6.07, 6.45) is 3.85. The van der Waals surface area contributed by atoms with E-state index >= 15 is 0 Å².